The smallest absolute Gasteiger partial charge is 0.251 e. The van der Waals surface area contributed by atoms with Crippen LogP contribution in [0.5, 0.6) is 0 Å². The van der Waals surface area contributed by atoms with Crippen molar-refractivity contribution in [3.63, 3.8) is 0 Å². The molecule has 1 amide bonds. The van der Waals surface area contributed by atoms with Crippen LogP contribution >= 0.6 is 11.8 Å². The minimum atomic E-state index is -0.581. The number of amides is 1. The average Bonchev–Trinajstić information content (AvgIpc) is 3.51. The Morgan fingerprint density at radius 2 is 1.68 bits per heavy atom. The molecule has 0 bridgehead atoms. The predicted molar refractivity (Wildman–Crippen MR) is 167 cm³/mol. The molecule has 0 unspecified atom stereocenters. The Balaban J connectivity index is 1.20. The molecule has 1 aliphatic rings. The maximum Gasteiger partial charge on any atom is 0.251 e. The molecule has 1 fully saturated rings. The minimum Gasteiger partial charge on any atom is -0.392 e. The van der Waals surface area contributed by atoms with Crippen LogP contribution in [-0.2, 0) is 29.7 Å². The van der Waals surface area contributed by atoms with Crippen molar-refractivity contribution in [2.75, 3.05) is 5.75 Å². The van der Waals surface area contributed by atoms with E-state index < -0.39 is 6.29 Å². The largest absolute Gasteiger partial charge is 0.392 e. The lowest BCUT2D eigenvalue weighted by Gasteiger charge is -2.36. The number of hydrogen-bond acceptors (Lipinski definition) is 8. The monoisotopic (exact) mass is 607 g/mol. The van der Waals surface area contributed by atoms with Crippen LogP contribution in [0, 0.1) is 0 Å². The minimum absolute atomic E-state index is 0.00404. The number of aliphatic hydroxyl groups is 1. The summed E-state index contributed by atoms with van der Waals surface area (Å²) in [5, 5.41) is 25.0. The lowest BCUT2D eigenvalue weighted by atomic mass is 9.99. The van der Waals surface area contributed by atoms with Crippen LogP contribution in [0.25, 0.3) is 11.1 Å². The second-order valence-electron chi connectivity index (χ2n) is 10.6. The first-order chi connectivity index (χ1) is 21.6. The van der Waals surface area contributed by atoms with Gasteiger partial charge in [-0.3, -0.25) is 4.79 Å². The van der Waals surface area contributed by atoms with E-state index in [1.54, 1.807) is 28.6 Å². The van der Waals surface area contributed by atoms with Gasteiger partial charge in [0, 0.05) is 36.9 Å². The van der Waals surface area contributed by atoms with Gasteiger partial charge in [-0.1, -0.05) is 90.6 Å². The molecular weight excluding hydrogens is 574 g/mol. The summed E-state index contributed by atoms with van der Waals surface area (Å²) >= 11 is 1.55. The molecular formula is C34H33N5O4S. The van der Waals surface area contributed by atoms with Crippen molar-refractivity contribution in [1.82, 2.24) is 25.5 Å². The van der Waals surface area contributed by atoms with Crippen molar-refractivity contribution >= 4 is 17.7 Å². The summed E-state index contributed by atoms with van der Waals surface area (Å²) in [5.41, 5.74) is 6.50. The third-order valence-electron chi connectivity index (χ3n) is 7.50. The normalized spacial score (nSPS) is 18.2. The Kier molecular flexibility index (Phi) is 9.43. The number of aryl methyl sites for hydroxylation is 1. The highest BCUT2D eigenvalue weighted by Gasteiger charge is 2.32. The van der Waals surface area contributed by atoms with Crippen molar-refractivity contribution in [1.29, 1.82) is 0 Å². The summed E-state index contributed by atoms with van der Waals surface area (Å²) in [6.45, 7) is 0.420. The van der Waals surface area contributed by atoms with Gasteiger partial charge in [-0.05, 0) is 62.5 Å². The van der Waals surface area contributed by atoms with Crippen LogP contribution in [0.4, 0.5) is 0 Å². The zero-order valence-electron chi connectivity index (χ0n) is 24.2. The van der Waals surface area contributed by atoms with Crippen LogP contribution < -0.4 is 5.32 Å². The van der Waals surface area contributed by atoms with E-state index in [2.05, 4.69) is 45.1 Å². The van der Waals surface area contributed by atoms with E-state index >= 15 is 0 Å². The van der Waals surface area contributed by atoms with E-state index in [4.69, 9.17) is 9.47 Å². The Morgan fingerprint density at radius 3 is 2.43 bits per heavy atom. The van der Waals surface area contributed by atoms with Crippen LogP contribution in [0.15, 0.2) is 108 Å². The molecule has 3 atom stereocenters. The summed E-state index contributed by atoms with van der Waals surface area (Å²) in [4.78, 5) is 12.5. The predicted octanol–water partition coefficient (Wildman–Crippen LogP) is 5.64. The van der Waals surface area contributed by atoms with E-state index in [9.17, 15) is 9.90 Å². The first-order valence-corrected chi connectivity index (χ1v) is 15.4. The maximum absolute atomic E-state index is 12.5. The molecule has 2 N–H and O–H groups in total. The Bertz CT molecular complexity index is 1700. The number of tetrazole rings is 1. The van der Waals surface area contributed by atoms with Gasteiger partial charge in [-0.15, -0.1) is 5.10 Å². The lowest BCUT2D eigenvalue weighted by molar-refractivity contribution is -0.245. The molecule has 224 valence electrons. The SMILES string of the molecule is Cn1nnnc1SC[C@H]1C[C@@H](c2ccc(CO)cc2)O[C@@H](c2cccc(-c3cccc(CNC(=O)c4ccccc4)c3)c2)O1. The topological polar surface area (TPSA) is 111 Å². The molecule has 0 spiro atoms. The van der Waals surface area contributed by atoms with E-state index in [-0.39, 0.29) is 24.7 Å². The standard InChI is InChI=1S/C34H33N5O4S/c1-39-34(36-37-38-39)44-22-30-19-31(25-15-13-23(21-40)14-16-25)43-33(42-30)29-12-6-11-28(18-29)27-10-5-7-24(17-27)20-35-32(41)26-8-3-2-4-9-26/h2-18,30-31,33,40H,19-22H2,1H3,(H,35,41)/t30-,31+,33+/m1/s1. The zero-order chi connectivity index (χ0) is 30.3. The van der Waals surface area contributed by atoms with Gasteiger partial charge in [0.05, 0.1) is 18.8 Å². The summed E-state index contributed by atoms with van der Waals surface area (Å²) in [5.74, 6) is 0.559. The van der Waals surface area contributed by atoms with Crippen molar-refractivity contribution in [3.05, 3.63) is 131 Å². The number of aromatic nitrogens is 4. The molecule has 5 aromatic rings. The number of rotatable bonds is 10. The quantitative estimate of drug-likeness (QED) is 0.196. The summed E-state index contributed by atoms with van der Waals surface area (Å²) < 4.78 is 14.7. The molecule has 10 heteroatoms. The summed E-state index contributed by atoms with van der Waals surface area (Å²) in [7, 11) is 1.82. The third-order valence-corrected chi connectivity index (χ3v) is 8.65. The molecule has 9 nitrogen and oxygen atoms in total. The van der Waals surface area contributed by atoms with Crippen molar-refractivity contribution in [3.8, 4) is 11.1 Å². The third kappa shape index (κ3) is 7.23. The highest BCUT2D eigenvalue weighted by molar-refractivity contribution is 7.99. The Labute approximate surface area is 260 Å². The van der Waals surface area contributed by atoms with Gasteiger partial charge in [0.1, 0.15) is 0 Å². The summed E-state index contributed by atoms with van der Waals surface area (Å²) in [6, 6.07) is 33.4. The molecule has 44 heavy (non-hydrogen) atoms. The number of hydrogen-bond donors (Lipinski definition) is 2. The number of carbonyl (C=O) groups is 1. The number of aliphatic hydroxyl groups excluding tert-OH is 1. The van der Waals surface area contributed by atoms with Gasteiger partial charge < -0.3 is 19.9 Å². The van der Waals surface area contributed by atoms with Gasteiger partial charge in [0.2, 0.25) is 5.16 Å². The average molecular weight is 608 g/mol. The van der Waals surface area contributed by atoms with E-state index in [0.29, 0.717) is 24.3 Å². The van der Waals surface area contributed by atoms with E-state index in [1.807, 2.05) is 73.8 Å². The van der Waals surface area contributed by atoms with E-state index in [1.165, 1.54) is 0 Å². The molecule has 0 aliphatic carbocycles. The fraction of sp³-hybridized carbons (Fsp3) is 0.235. The highest BCUT2D eigenvalue weighted by atomic mass is 32.2. The fourth-order valence-corrected chi connectivity index (χ4v) is 6.00. The second kappa shape index (κ2) is 14.0. The fourth-order valence-electron chi connectivity index (χ4n) is 5.13. The molecule has 4 aromatic carbocycles. The highest BCUT2D eigenvalue weighted by Crippen LogP contribution is 2.40. The van der Waals surface area contributed by atoms with Crippen LogP contribution in [0.2, 0.25) is 0 Å². The van der Waals surface area contributed by atoms with Gasteiger partial charge >= 0.3 is 0 Å². The molecule has 0 saturated carbocycles. The molecule has 1 aliphatic heterocycles. The van der Waals surface area contributed by atoms with E-state index in [0.717, 1.165) is 38.5 Å². The van der Waals surface area contributed by atoms with Gasteiger partial charge in [0.15, 0.2) is 6.29 Å². The van der Waals surface area contributed by atoms with Gasteiger partial charge in [0.25, 0.3) is 5.91 Å². The van der Waals surface area contributed by atoms with Gasteiger partial charge in [-0.2, -0.15) is 0 Å². The first-order valence-electron chi connectivity index (χ1n) is 14.4. The maximum atomic E-state index is 12.5. The number of carbonyl (C=O) groups excluding carboxylic acids is 1. The zero-order valence-corrected chi connectivity index (χ0v) is 25.1. The second-order valence-corrected chi connectivity index (χ2v) is 11.6. The number of thioether (sulfide) groups is 1. The van der Waals surface area contributed by atoms with Crippen LogP contribution in [0.1, 0.15) is 51.4 Å². The molecule has 0 radical (unpaired) electrons. The summed E-state index contributed by atoms with van der Waals surface area (Å²) in [6.07, 6.45) is -0.213. The molecule has 1 aromatic heterocycles. The number of ether oxygens (including phenoxy) is 2. The van der Waals surface area contributed by atoms with Crippen molar-refractivity contribution in [2.45, 2.75) is 43.2 Å². The molecule has 1 saturated heterocycles. The first kappa shape index (κ1) is 29.7. The molecule has 6 rings (SSSR count). The number of nitrogens with zero attached hydrogens (tertiary/aromatic N) is 4. The molecule has 2 heterocycles. The lowest BCUT2D eigenvalue weighted by Crippen LogP contribution is -2.31. The number of nitrogens with one attached hydrogen (secondary N) is 1. The Morgan fingerprint density at radius 1 is 0.909 bits per heavy atom. The van der Waals surface area contributed by atoms with Crippen molar-refractivity contribution < 1.29 is 19.4 Å². The van der Waals surface area contributed by atoms with Gasteiger partial charge in [-0.25, -0.2) is 4.68 Å². The number of benzene rings is 4. The van der Waals surface area contributed by atoms with Crippen molar-refractivity contribution in [2.24, 2.45) is 7.05 Å². The van der Waals surface area contributed by atoms with Crippen LogP contribution in [0.3, 0.4) is 0 Å². The van der Waals surface area contributed by atoms with Crippen LogP contribution in [-0.4, -0.2) is 43.1 Å². The Hall–Kier alpha value is -4.35.